The summed E-state index contributed by atoms with van der Waals surface area (Å²) in [5, 5.41) is 19.0. The molecule has 11 heteroatoms. The highest BCUT2D eigenvalue weighted by molar-refractivity contribution is 8.07. The lowest BCUT2D eigenvalue weighted by atomic mass is 9.96. The molecule has 2 aliphatic rings. The monoisotopic (exact) mass is 338 g/mol. The van der Waals surface area contributed by atoms with E-state index in [4.69, 9.17) is 30.3 Å². The van der Waals surface area contributed by atoms with Gasteiger partial charge in [0.2, 0.25) is 0 Å². The van der Waals surface area contributed by atoms with Crippen LogP contribution in [0.5, 0.6) is 0 Å². The highest BCUT2D eigenvalue weighted by Gasteiger charge is 2.38. The lowest BCUT2D eigenvalue weighted by molar-refractivity contribution is -0.0171. The summed E-state index contributed by atoms with van der Waals surface area (Å²) >= 11 is 4.97. The van der Waals surface area contributed by atoms with E-state index in [2.05, 4.69) is 0 Å². The van der Waals surface area contributed by atoms with Gasteiger partial charge in [-0.2, -0.15) is 0 Å². The predicted molar refractivity (Wildman–Crippen MR) is 84.1 cm³/mol. The summed E-state index contributed by atoms with van der Waals surface area (Å²) in [4.78, 5) is 10.1. The molecule has 3 N–H and O–H groups in total. The van der Waals surface area contributed by atoms with Crippen molar-refractivity contribution in [1.82, 2.24) is 0 Å². The first-order valence-electron chi connectivity index (χ1n) is 7.06. The van der Waals surface area contributed by atoms with E-state index in [0.717, 1.165) is 0 Å². The molecule has 0 bridgehead atoms. The van der Waals surface area contributed by atoms with E-state index in [0.29, 0.717) is 12.8 Å². The Morgan fingerprint density at radius 1 is 1.19 bits per heavy atom. The summed E-state index contributed by atoms with van der Waals surface area (Å²) < 4.78 is 21.6. The molecule has 0 aromatic carbocycles. The van der Waals surface area contributed by atoms with Gasteiger partial charge in [0.15, 0.2) is 0 Å². The standard InChI is InChI=1S/C10H21B2O7PS/c11-9-1-5(14)8(18-9)4-16-20(15,21)19-6-2-10(12)17-7(6)3-13/h5-10,13-14H,1-4,11-12H2,(H,15,21)/t5?,6?,7-,8-,9-,10-,20?/m1/s1. The molecule has 0 amide bonds. The molecule has 0 spiro atoms. The molecule has 7 atom stereocenters. The molecule has 2 rings (SSSR count). The first kappa shape index (κ1) is 17.8. The summed E-state index contributed by atoms with van der Waals surface area (Å²) in [6.07, 6.45) is -1.07. The molecule has 3 unspecified atom stereocenters. The molecule has 21 heavy (non-hydrogen) atoms. The fourth-order valence-corrected chi connectivity index (χ4v) is 4.12. The average Bonchev–Trinajstić information content (AvgIpc) is 2.88. The number of hydrogen-bond donors (Lipinski definition) is 3. The number of rotatable bonds is 6. The fourth-order valence-electron chi connectivity index (χ4n) is 2.65. The minimum Gasteiger partial charge on any atom is -0.394 e. The Bertz CT molecular complexity index is 404. The zero-order valence-electron chi connectivity index (χ0n) is 12.1. The van der Waals surface area contributed by atoms with Crippen LogP contribution in [0.2, 0.25) is 0 Å². The maximum absolute atomic E-state index is 10.1. The van der Waals surface area contributed by atoms with Gasteiger partial charge in [-0.3, -0.25) is 0 Å². The Morgan fingerprint density at radius 3 is 2.38 bits per heavy atom. The molecule has 2 aliphatic heterocycles. The van der Waals surface area contributed by atoms with Gasteiger partial charge in [-0.15, -0.1) is 0 Å². The van der Waals surface area contributed by atoms with Crippen molar-refractivity contribution in [2.75, 3.05) is 13.2 Å². The summed E-state index contributed by atoms with van der Waals surface area (Å²) in [5.74, 6) is 0. The lowest BCUT2D eigenvalue weighted by Crippen LogP contribution is -2.29. The van der Waals surface area contributed by atoms with E-state index in [1.165, 1.54) is 0 Å². The molecule has 0 saturated carbocycles. The Morgan fingerprint density at radius 2 is 1.81 bits per heavy atom. The van der Waals surface area contributed by atoms with Gasteiger partial charge in [0.05, 0.1) is 25.4 Å². The van der Waals surface area contributed by atoms with Gasteiger partial charge in [0, 0.05) is 12.0 Å². The van der Waals surface area contributed by atoms with E-state index in [1.54, 1.807) is 0 Å². The zero-order chi connectivity index (χ0) is 15.6. The number of ether oxygens (including phenoxy) is 2. The third-order valence-electron chi connectivity index (χ3n) is 3.65. The SMILES string of the molecule is B[C@H]1CC(O)[C@@H](COP(O)(=S)OC2C[C@H](B)O[C@@H]2CO)O1. The van der Waals surface area contributed by atoms with E-state index < -0.39 is 31.1 Å². The van der Waals surface area contributed by atoms with Crippen LogP contribution in [-0.4, -0.2) is 80.4 Å². The van der Waals surface area contributed by atoms with Crippen molar-refractivity contribution in [1.29, 1.82) is 0 Å². The van der Waals surface area contributed by atoms with Crippen molar-refractivity contribution in [2.45, 2.75) is 49.3 Å². The third kappa shape index (κ3) is 4.99. The quantitative estimate of drug-likeness (QED) is 0.360. The van der Waals surface area contributed by atoms with Gasteiger partial charge in [-0.25, -0.2) is 0 Å². The zero-order valence-corrected chi connectivity index (χ0v) is 13.8. The minimum absolute atomic E-state index is 0.0216. The smallest absolute Gasteiger partial charge is 0.324 e. The second-order valence-corrected chi connectivity index (χ2v) is 8.39. The third-order valence-corrected chi connectivity index (χ3v) is 5.23. The fraction of sp³-hybridized carbons (Fsp3) is 1.00. The van der Waals surface area contributed by atoms with Crippen molar-refractivity contribution in [2.24, 2.45) is 0 Å². The second kappa shape index (κ2) is 7.38. The van der Waals surface area contributed by atoms with Crippen LogP contribution in [0.3, 0.4) is 0 Å². The van der Waals surface area contributed by atoms with Crippen molar-refractivity contribution in [3.63, 3.8) is 0 Å². The van der Waals surface area contributed by atoms with E-state index in [9.17, 15) is 15.1 Å². The Hall–Kier alpha value is 0.500. The first-order valence-corrected chi connectivity index (χ1v) is 9.65. The predicted octanol–water partition coefficient (Wildman–Crippen LogP) is -2.55. The van der Waals surface area contributed by atoms with Crippen molar-refractivity contribution in [3.05, 3.63) is 0 Å². The molecule has 0 aromatic heterocycles. The molecule has 120 valence electrons. The van der Waals surface area contributed by atoms with Crippen LogP contribution in [0.15, 0.2) is 0 Å². The summed E-state index contributed by atoms with van der Waals surface area (Å²) in [7, 11) is 3.72. The topological polar surface area (TPSA) is 97.6 Å². The average molecular weight is 338 g/mol. The van der Waals surface area contributed by atoms with Crippen molar-refractivity contribution in [3.8, 4) is 0 Å². The highest BCUT2D eigenvalue weighted by atomic mass is 32.5. The van der Waals surface area contributed by atoms with Gasteiger partial charge in [0.1, 0.15) is 27.9 Å². The summed E-state index contributed by atoms with van der Waals surface area (Å²) in [6, 6.07) is -0.114. The molecular weight excluding hydrogens is 317 g/mol. The maximum atomic E-state index is 10.1. The van der Waals surface area contributed by atoms with Crippen LogP contribution in [-0.2, 0) is 30.3 Å². The summed E-state index contributed by atoms with van der Waals surface area (Å²) in [5.41, 5.74) is 0. The molecule has 2 fully saturated rings. The van der Waals surface area contributed by atoms with E-state index >= 15 is 0 Å². The van der Waals surface area contributed by atoms with E-state index in [-0.39, 0.29) is 25.2 Å². The normalized spacial score (nSPS) is 43.0. The molecule has 0 radical (unpaired) electrons. The van der Waals surface area contributed by atoms with Crippen LogP contribution in [0.25, 0.3) is 0 Å². The van der Waals surface area contributed by atoms with Gasteiger partial charge in [-0.1, -0.05) is 0 Å². The van der Waals surface area contributed by atoms with Crippen LogP contribution < -0.4 is 0 Å². The Labute approximate surface area is 131 Å². The molecule has 7 nitrogen and oxygen atoms in total. The molecule has 2 heterocycles. The van der Waals surface area contributed by atoms with Crippen LogP contribution in [0.1, 0.15) is 12.8 Å². The van der Waals surface area contributed by atoms with Gasteiger partial charge in [-0.05, 0) is 24.6 Å². The van der Waals surface area contributed by atoms with Gasteiger partial charge in [0.25, 0.3) is 0 Å². The number of aliphatic hydroxyl groups is 2. The highest BCUT2D eigenvalue weighted by Crippen LogP contribution is 2.47. The van der Waals surface area contributed by atoms with Crippen molar-refractivity contribution >= 4 is 34.2 Å². The van der Waals surface area contributed by atoms with Crippen LogP contribution >= 0.6 is 6.72 Å². The second-order valence-electron chi connectivity index (χ2n) is 5.60. The van der Waals surface area contributed by atoms with Crippen molar-refractivity contribution < 1.29 is 33.6 Å². The summed E-state index contributed by atoms with van der Waals surface area (Å²) in [6.45, 7) is -3.69. The number of aliphatic hydroxyl groups excluding tert-OH is 2. The minimum atomic E-state index is -3.47. The molecule has 0 aromatic rings. The number of hydrogen-bond acceptors (Lipinski definition) is 7. The largest absolute Gasteiger partial charge is 0.394 e. The Kier molecular flexibility index (Phi) is 6.27. The molecule has 0 aliphatic carbocycles. The van der Waals surface area contributed by atoms with E-state index in [1.807, 2.05) is 15.7 Å². The van der Waals surface area contributed by atoms with Crippen LogP contribution in [0.4, 0.5) is 0 Å². The maximum Gasteiger partial charge on any atom is 0.324 e. The Balaban J connectivity index is 1.83. The molecular formula is C10H21B2O7PS. The first-order chi connectivity index (χ1) is 9.80. The van der Waals surface area contributed by atoms with Gasteiger partial charge < -0.3 is 33.6 Å². The lowest BCUT2D eigenvalue weighted by Gasteiger charge is -2.24. The molecule has 2 saturated heterocycles. The van der Waals surface area contributed by atoms with Crippen LogP contribution in [0, 0.1) is 0 Å². The van der Waals surface area contributed by atoms with Gasteiger partial charge >= 0.3 is 6.72 Å².